The average molecular weight is 359 g/mol. The maximum Gasteiger partial charge on any atom is 0.341 e. The first-order valence-electron chi connectivity index (χ1n) is 8.13. The number of nitrogens with zero attached hydrogens (tertiary/aromatic N) is 1. The van der Waals surface area contributed by atoms with Crippen LogP contribution >= 0.6 is 0 Å². The Morgan fingerprint density at radius 3 is 2.81 bits per heavy atom. The minimum absolute atomic E-state index is 0.247. The summed E-state index contributed by atoms with van der Waals surface area (Å²) < 4.78 is 24.2. The third-order valence-corrected chi connectivity index (χ3v) is 4.07. The summed E-state index contributed by atoms with van der Waals surface area (Å²) in [7, 11) is 0. The van der Waals surface area contributed by atoms with Crippen LogP contribution < -0.4 is 4.74 Å². The molecule has 0 spiro atoms. The molecule has 1 heterocycles. The number of hydrogen-bond acceptors (Lipinski definition) is 4. The summed E-state index contributed by atoms with van der Waals surface area (Å²) in [5.74, 6) is -1.41. The zero-order valence-electron chi connectivity index (χ0n) is 13.9. The lowest BCUT2D eigenvalue weighted by Gasteiger charge is -2.36. The number of carbonyl (C=O) groups is 2. The summed E-state index contributed by atoms with van der Waals surface area (Å²) in [5.41, 5.74) is 1.03. The second-order valence-electron chi connectivity index (χ2n) is 5.85. The van der Waals surface area contributed by atoms with Crippen LogP contribution in [0.1, 0.15) is 22.0 Å². The van der Waals surface area contributed by atoms with Gasteiger partial charge < -0.3 is 19.5 Å². The van der Waals surface area contributed by atoms with Crippen molar-refractivity contribution in [3.63, 3.8) is 0 Å². The van der Waals surface area contributed by atoms with Crippen molar-refractivity contribution in [2.45, 2.75) is 6.04 Å². The topological polar surface area (TPSA) is 76.1 Å². The lowest BCUT2D eigenvalue weighted by Crippen LogP contribution is -2.43. The summed E-state index contributed by atoms with van der Waals surface area (Å²) in [6, 6.07) is 12.1. The third kappa shape index (κ3) is 4.18. The largest absolute Gasteiger partial charge is 0.482 e. The van der Waals surface area contributed by atoms with Crippen molar-refractivity contribution >= 4 is 11.9 Å². The van der Waals surface area contributed by atoms with E-state index in [4.69, 9.17) is 14.6 Å². The zero-order chi connectivity index (χ0) is 18.5. The van der Waals surface area contributed by atoms with Crippen molar-refractivity contribution < 1.29 is 28.6 Å². The molecule has 26 heavy (non-hydrogen) atoms. The first-order valence-corrected chi connectivity index (χ1v) is 8.13. The van der Waals surface area contributed by atoms with Gasteiger partial charge in [-0.1, -0.05) is 18.2 Å². The van der Waals surface area contributed by atoms with Crippen LogP contribution in [0.5, 0.6) is 5.75 Å². The number of halogens is 1. The number of benzene rings is 2. The molecule has 0 saturated carbocycles. The number of rotatable bonds is 5. The minimum atomic E-state index is -1.10. The predicted octanol–water partition coefficient (Wildman–Crippen LogP) is 2.50. The number of ether oxygens (including phenoxy) is 2. The van der Waals surface area contributed by atoms with Gasteiger partial charge in [0, 0.05) is 12.1 Å². The van der Waals surface area contributed by atoms with Gasteiger partial charge in [0.1, 0.15) is 11.6 Å². The highest BCUT2D eigenvalue weighted by Gasteiger charge is 2.29. The molecule has 6 nitrogen and oxygen atoms in total. The van der Waals surface area contributed by atoms with E-state index in [1.54, 1.807) is 35.2 Å². The van der Waals surface area contributed by atoms with E-state index < -0.39 is 18.6 Å². The first-order chi connectivity index (χ1) is 12.5. The van der Waals surface area contributed by atoms with Crippen LogP contribution in [-0.4, -0.2) is 48.2 Å². The molecule has 1 atom stereocenters. The molecule has 1 aliphatic heterocycles. The van der Waals surface area contributed by atoms with E-state index in [9.17, 15) is 14.0 Å². The fourth-order valence-electron chi connectivity index (χ4n) is 2.87. The second kappa shape index (κ2) is 7.97. The van der Waals surface area contributed by atoms with Crippen LogP contribution in [0.15, 0.2) is 48.5 Å². The molecular formula is C19H18FNO5. The summed E-state index contributed by atoms with van der Waals surface area (Å²) in [5, 5.41) is 8.70. The zero-order valence-corrected chi connectivity index (χ0v) is 13.9. The molecule has 7 heteroatoms. The number of hydrogen-bond donors (Lipinski definition) is 1. The Kier molecular flexibility index (Phi) is 5.48. The fourth-order valence-corrected chi connectivity index (χ4v) is 2.87. The van der Waals surface area contributed by atoms with Gasteiger partial charge >= 0.3 is 5.97 Å². The van der Waals surface area contributed by atoms with Crippen molar-refractivity contribution in [3.05, 3.63) is 65.5 Å². The Balaban J connectivity index is 1.82. The molecule has 1 saturated heterocycles. The van der Waals surface area contributed by atoms with Gasteiger partial charge in [-0.3, -0.25) is 4.79 Å². The molecule has 0 aromatic heterocycles. The molecule has 3 rings (SSSR count). The number of amides is 1. The van der Waals surface area contributed by atoms with Gasteiger partial charge in [-0.25, -0.2) is 9.18 Å². The van der Waals surface area contributed by atoms with Crippen LogP contribution in [0.4, 0.5) is 4.39 Å². The highest BCUT2D eigenvalue weighted by Crippen LogP contribution is 2.27. The molecule has 136 valence electrons. The van der Waals surface area contributed by atoms with Crippen molar-refractivity contribution in [2.24, 2.45) is 0 Å². The second-order valence-corrected chi connectivity index (χ2v) is 5.85. The maximum absolute atomic E-state index is 13.6. The van der Waals surface area contributed by atoms with E-state index in [0.29, 0.717) is 30.0 Å². The van der Waals surface area contributed by atoms with E-state index in [1.165, 1.54) is 18.2 Å². The molecule has 1 unspecified atom stereocenters. The molecular weight excluding hydrogens is 341 g/mol. The Labute approximate surface area is 149 Å². The Morgan fingerprint density at radius 2 is 2.04 bits per heavy atom. The number of aliphatic carboxylic acids is 1. The van der Waals surface area contributed by atoms with E-state index >= 15 is 0 Å². The molecule has 2 aromatic rings. The van der Waals surface area contributed by atoms with Crippen molar-refractivity contribution in [1.82, 2.24) is 4.90 Å². The number of carboxylic acids is 1. The van der Waals surface area contributed by atoms with Gasteiger partial charge in [0.25, 0.3) is 5.91 Å². The first kappa shape index (κ1) is 17.9. The van der Waals surface area contributed by atoms with Crippen molar-refractivity contribution in [1.29, 1.82) is 0 Å². The number of morpholine rings is 1. The van der Waals surface area contributed by atoms with Gasteiger partial charge in [0.05, 0.1) is 19.3 Å². The molecule has 1 fully saturated rings. The average Bonchev–Trinajstić information content (AvgIpc) is 2.66. The summed E-state index contributed by atoms with van der Waals surface area (Å²) in [4.78, 5) is 25.2. The van der Waals surface area contributed by atoms with Gasteiger partial charge in [-0.2, -0.15) is 0 Å². The van der Waals surface area contributed by atoms with E-state index in [2.05, 4.69) is 0 Å². The van der Waals surface area contributed by atoms with Crippen LogP contribution in [0.2, 0.25) is 0 Å². The van der Waals surface area contributed by atoms with E-state index in [1.807, 2.05) is 0 Å². The van der Waals surface area contributed by atoms with Crippen LogP contribution in [0.3, 0.4) is 0 Å². The standard InChI is InChI=1S/C19H18FNO5/c20-15-5-1-3-13(9-15)17-11-25-8-7-21(17)19(24)14-4-2-6-16(10-14)26-12-18(22)23/h1-6,9-10,17H,7-8,11-12H2,(H,22,23). The molecule has 2 aromatic carbocycles. The van der Waals surface area contributed by atoms with Crippen molar-refractivity contribution in [2.75, 3.05) is 26.4 Å². The van der Waals surface area contributed by atoms with Crippen LogP contribution in [0.25, 0.3) is 0 Å². The van der Waals surface area contributed by atoms with Gasteiger partial charge in [-0.15, -0.1) is 0 Å². The SMILES string of the molecule is O=C(O)COc1cccc(C(=O)N2CCOCC2c2cccc(F)c2)c1. The predicted molar refractivity (Wildman–Crippen MR) is 90.6 cm³/mol. The number of carboxylic acid groups (broad SMARTS) is 1. The fraction of sp³-hybridized carbons (Fsp3) is 0.263. The Bertz CT molecular complexity index is 810. The lowest BCUT2D eigenvalue weighted by molar-refractivity contribution is -0.139. The quantitative estimate of drug-likeness (QED) is 0.888. The molecule has 1 amide bonds. The highest BCUT2D eigenvalue weighted by molar-refractivity contribution is 5.95. The molecule has 0 radical (unpaired) electrons. The third-order valence-electron chi connectivity index (χ3n) is 4.07. The van der Waals surface area contributed by atoms with Gasteiger partial charge in [-0.05, 0) is 35.9 Å². The lowest BCUT2D eigenvalue weighted by atomic mass is 10.0. The van der Waals surface area contributed by atoms with Gasteiger partial charge in [0.2, 0.25) is 0 Å². The molecule has 0 aliphatic carbocycles. The monoisotopic (exact) mass is 359 g/mol. The number of carbonyl (C=O) groups excluding carboxylic acids is 1. The van der Waals surface area contributed by atoms with Crippen molar-refractivity contribution in [3.8, 4) is 5.75 Å². The minimum Gasteiger partial charge on any atom is -0.482 e. The van der Waals surface area contributed by atoms with Crippen LogP contribution in [-0.2, 0) is 9.53 Å². The maximum atomic E-state index is 13.6. The normalized spacial score (nSPS) is 17.0. The Hall–Kier alpha value is -2.93. The summed E-state index contributed by atoms with van der Waals surface area (Å²) in [6.45, 7) is 0.568. The highest BCUT2D eigenvalue weighted by atomic mass is 19.1. The summed E-state index contributed by atoms with van der Waals surface area (Å²) >= 11 is 0. The molecule has 1 N–H and O–H groups in total. The molecule has 1 aliphatic rings. The molecule has 0 bridgehead atoms. The Morgan fingerprint density at radius 1 is 1.23 bits per heavy atom. The summed E-state index contributed by atoms with van der Waals surface area (Å²) in [6.07, 6.45) is 0. The van der Waals surface area contributed by atoms with Crippen LogP contribution in [0, 0.1) is 5.82 Å². The smallest absolute Gasteiger partial charge is 0.341 e. The van der Waals surface area contributed by atoms with E-state index in [0.717, 1.165) is 0 Å². The van der Waals surface area contributed by atoms with Gasteiger partial charge in [0.15, 0.2) is 6.61 Å². The van der Waals surface area contributed by atoms with E-state index in [-0.39, 0.29) is 18.3 Å².